The zero-order valence-electron chi connectivity index (χ0n) is 15.5. The number of H-pyrrole nitrogens is 1. The molecule has 3 heterocycles. The number of rotatable bonds is 2. The minimum atomic E-state index is -0.429. The summed E-state index contributed by atoms with van der Waals surface area (Å²) in [6.07, 6.45) is 3.89. The topological polar surface area (TPSA) is 66.9 Å². The molecule has 1 aliphatic carbocycles. The summed E-state index contributed by atoms with van der Waals surface area (Å²) in [6.45, 7) is 0.919. The average molecular weight is 407 g/mol. The van der Waals surface area contributed by atoms with Gasteiger partial charge in [0.2, 0.25) is 5.43 Å². The molecule has 0 saturated heterocycles. The van der Waals surface area contributed by atoms with Gasteiger partial charge in [0, 0.05) is 29.2 Å². The molecule has 29 heavy (non-hydrogen) atoms. The normalized spacial score (nSPS) is 16.2. The maximum Gasteiger partial charge on any atom is 0.271 e. The second-order valence-corrected chi connectivity index (χ2v) is 8.65. The van der Waals surface area contributed by atoms with E-state index in [1.807, 2.05) is 18.2 Å². The number of aromatic nitrogens is 2. The Kier molecular flexibility index (Phi) is 3.53. The Bertz CT molecular complexity index is 1430. The standard InChI is InChI=1S/C22H18FN3O2S/c23-16-9-15-18(10-14(16)12-3-1-5-17-13(12)4-2-8-24-17)26(11-6-7-11)22-19(20(15)27)21(28)25-29-22/h1,3,5,9-11,24H,2,4,6-8H2,(H,25,28). The molecule has 5 nitrogen and oxygen atoms in total. The number of fused-ring (bicyclic) bond motifs is 3. The zero-order chi connectivity index (χ0) is 19.7. The van der Waals surface area contributed by atoms with Crippen molar-refractivity contribution >= 4 is 38.3 Å². The number of nitrogens with one attached hydrogen (secondary N) is 2. The van der Waals surface area contributed by atoms with Gasteiger partial charge in [0.25, 0.3) is 5.56 Å². The summed E-state index contributed by atoms with van der Waals surface area (Å²) in [5.41, 5.74) is 3.46. The highest BCUT2D eigenvalue weighted by atomic mass is 32.1. The van der Waals surface area contributed by atoms with Crippen LogP contribution in [0.3, 0.4) is 0 Å². The van der Waals surface area contributed by atoms with Crippen LogP contribution in [0.5, 0.6) is 0 Å². The summed E-state index contributed by atoms with van der Waals surface area (Å²) >= 11 is 1.19. The van der Waals surface area contributed by atoms with E-state index < -0.39 is 11.2 Å². The summed E-state index contributed by atoms with van der Waals surface area (Å²) < 4.78 is 20.0. The Morgan fingerprint density at radius 1 is 1.14 bits per heavy atom. The van der Waals surface area contributed by atoms with E-state index in [9.17, 15) is 9.59 Å². The summed E-state index contributed by atoms with van der Waals surface area (Å²) in [4.78, 5) is 25.9. The summed E-state index contributed by atoms with van der Waals surface area (Å²) in [6, 6.07) is 9.28. The molecule has 0 spiro atoms. The maximum atomic E-state index is 15.3. The monoisotopic (exact) mass is 407 g/mol. The van der Waals surface area contributed by atoms with Gasteiger partial charge in [-0.05, 0) is 66.5 Å². The molecule has 2 aromatic heterocycles. The van der Waals surface area contributed by atoms with Crippen LogP contribution in [0.1, 0.15) is 30.9 Å². The molecule has 0 unspecified atom stereocenters. The second-order valence-electron chi connectivity index (χ2n) is 7.85. The number of anilines is 1. The number of hydrogen-bond donors (Lipinski definition) is 2. The van der Waals surface area contributed by atoms with Crippen LogP contribution < -0.4 is 16.3 Å². The number of aromatic amines is 1. The van der Waals surface area contributed by atoms with Crippen LogP contribution in [-0.4, -0.2) is 15.5 Å². The second kappa shape index (κ2) is 6.03. The van der Waals surface area contributed by atoms with Gasteiger partial charge in [0.05, 0.1) is 5.52 Å². The molecule has 2 aliphatic rings. The van der Waals surface area contributed by atoms with Crippen molar-refractivity contribution in [3.05, 3.63) is 62.3 Å². The van der Waals surface area contributed by atoms with E-state index in [2.05, 4.69) is 14.3 Å². The Balaban J connectivity index is 1.72. The summed E-state index contributed by atoms with van der Waals surface area (Å²) in [7, 11) is 0. The molecule has 0 bridgehead atoms. The van der Waals surface area contributed by atoms with Crippen molar-refractivity contribution in [1.82, 2.24) is 8.94 Å². The molecular weight excluding hydrogens is 389 g/mol. The highest BCUT2D eigenvalue weighted by Gasteiger charge is 2.29. The van der Waals surface area contributed by atoms with Crippen molar-refractivity contribution in [1.29, 1.82) is 0 Å². The maximum absolute atomic E-state index is 15.3. The Labute approximate surface area is 168 Å². The van der Waals surface area contributed by atoms with E-state index in [1.54, 1.807) is 6.07 Å². The van der Waals surface area contributed by atoms with E-state index in [0.29, 0.717) is 15.9 Å². The quantitative estimate of drug-likeness (QED) is 0.517. The van der Waals surface area contributed by atoms with Gasteiger partial charge in [-0.25, -0.2) is 4.39 Å². The fraction of sp³-hybridized carbons (Fsp3) is 0.273. The number of halogens is 1. The molecule has 7 heteroatoms. The predicted molar refractivity (Wildman–Crippen MR) is 115 cm³/mol. The molecule has 6 rings (SSSR count). The highest BCUT2D eigenvalue weighted by molar-refractivity contribution is 7.12. The Morgan fingerprint density at radius 3 is 2.83 bits per heavy atom. The molecular formula is C22H18FN3O2S. The van der Waals surface area contributed by atoms with Gasteiger partial charge in [-0.15, -0.1) is 0 Å². The number of benzene rings is 2. The van der Waals surface area contributed by atoms with E-state index in [4.69, 9.17) is 0 Å². The SMILES string of the molecule is O=c1[nH]sc2c1c(=O)c1cc(F)c(-c3cccc4c3CCCN4)cc1n2C1CC1. The third kappa shape index (κ3) is 2.43. The third-order valence-electron chi connectivity index (χ3n) is 6.01. The molecule has 1 saturated carbocycles. The molecule has 0 amide bonds. The van der Waals surface area contributed by atoms with Crippen molar-refractivity contribution in [2.24, 2.45) is 0 Å². The highest BCUT2D eigenvalue weighted by Crippen LogP contribution is 2.41. The predicted octanol–water partition coefficient (Wildman–Crippen LogP) is 4.40. The largest absolute Gasteiger partial charge is 0.385 e. The molecule has 4 aromatic rings. The molecule has 2 N–H and O–H groups in total. The van der Waals surface area contributed by atoms with E-state index in [-0.39, 0.29) is 22.4 Å². The lowest BCUT2D eigenvalue weighted by molar-refractivity contribution is 0.632. The first-order valence-electron chi connectivity index (χ1n) is 9.88. The first-order valence-corrected chi connectivity index (χ1v) is 10.7. The van der Waals surface area contributed by atoms with Gasteiger partial charge in [-0.3, -0.25) is 14.0 Å². The molecule has 0 atom stereocenters. The number of hydrogen-bond acceptors (Lipinski definition) is 4. The van der Waals surface area contributed by atoms with E-state index in [1.165, 1.54) is 17.6 Å². The van der Waals surface area contributed by atoms with E-state index in [0.717, 1.165) is 49.0 Å². The fourth-order valence-corrected chi connectivity index (χ4v) is 5.44. The lowest BCUT2D eigenvalue weighted by Crippen LogP contribution is -2.16. The lowest BCUT2D eigenvalue weighted by Gasteiger charge is -2.22. The van der Waals surface area contributed by atoms with Crippen LogP contribution in [0.15, 0.2) is 39.9 Å². The van der Waals surface area contributed by atoms with Crippen LogP contribution in [0, 0.1) is 5.82 Å². The average Bonchev–Trinajstić information content (AvgIpc) is 3.50. The molecule has 0 radical (unpaired) electrons. The Morgan fingerprint density at radius 2 is 2.00 bits per heavy atom. The van der Waals surface area contributed by atoms with Crippen molar-refractivity contribution in [3.8, 4) is 11.1 Å². The molecule has 2 aromatic carbocycles. The first kappa shape index (κ1) is 17.0. The zero-order valence-corrected chi connectivity index (χ0v) is 16.4. The first-order chi connectivity index (χ1) is 14.1. The van der Waals surface area contributed by atoms with Crippen LogP contribution in [0.2, 0.25) is 0 Å². The van der Waals surface area contributed by atoms with Crippen LogP contribution in [0.4, 0.5) is 10.1 Å². The fourth-order valence-electron chi connectivity index (χ4n) is 4.51. The van der Waals surface area contributed by atoms with Gasteiger partial charge in [-0.2, -0.15) is 0 Å². The Hall–Kier alpha value is -2.93. The molecule has 146 valence electrons. The van der Waals surface area contributed by atoms with Crippen molar-refractivity contribution in [3.63, 3.8) is 0 Å². The van der Waals surface area contributed by atoms with Gasteiger partial charge in [0.1, 0.15) is 16.0 Å². The van der Waals surface area contributed by atoms with Gasteiger partial charge in [0.15, 0.2) is 0 Å². The van der Waals surface area contributed by atoms with Crippen LogP contribution in [-0.2, 0) is 6.42 Å². The van der Waals surface area contributed by atoms with Crippen molar-refractivity contribution in [2.75, 3.05) is 11.9 Å². The van der Waals surface area contributed by atoms with Gasteiger partial charge < -0.3 is 9.88 Å². The molecule has 1 fully saturated rings. The van der Waals surface area contributed by atoms with Crippen molar-refractivity contribution < 1.29 is 4.39 Å². The van der Waals surface area contributed by atoms with Gasteiger partial charge >= 0.3 is 0 Å². The minimum Gasteiger partial charge on any atom is -0.385 e. The van der Waals surface area contributed by atoms with Crippen LogP contribution in [0.25, 0.3) is 32.2 Å². The number of nitrogens with zero attached hydrogens (tertiary/aromatic N) is 1. The van der Waals surface area contributed by atoms with Gasteiger partial charge in [-0.1, -0.05) is 12.1 Å². The smallest absolute Gasteiger partial charge is 0.271 e. The summed E-state index contributed by atoms with van der Waals surface area (Å²) in [5, 5.41) is 3.81. The lowest BCUT2D eigenvalue weighted by atomic mass is 9.92. The summed E-state index contributed by atoms with van der Waals surface area (Å²) in [5.74, 6) is -0.429. The van der Waals surface area contributed by atoms with E-state index >= 15 is 4.39 Å². The van der Waals surface area contributed by atoms with Crippen molar-refractivity contribution in [2.45, 2.75) is 31.7 Å². The van der Waals surface area contributed by atoms with Crippen LogP contribution >= 0.6 is 11.5 Å². The molecule has 1 aliphatic heterocycles. The third-order valence-corrected chi connectivity index (χ3v) is 6.90. The number of pyridine rings is 1. The minimum absolute atomic E-state index is 0.142.